The lowest BCUT2D eigenvalue weighted by molar-refractivity contribution is -0.136. The number of halogens is 1. The summed E-state index contributed by atoms with van der Waals surface area (Å²) in [5.74, 6) is -1.03. The van der Waals surface area contributed by atoms with Gasteiger partial charge >= 0.3 is 0 Å². The number of fused-ring (bicyclic) bond motifs is 1. The van der Waals surface area contributed by atoms with Crippen LogP contribution < -0.4 is 15.0 Å². The highest BCUT2D eigenvalue weighted by Gasteiger charge is 2.39. The van der Waals surface area contributed by atoms with Gasteiger partial charge in [0, 0.05) is 63.5 Å². The normalized spacial score (nSPS) is 21.0. The lowest BCUT2D eigenvalue weighted by Gasteiger charge is -2.36. The number of hydrogen-bond donors (Lipinski definition) is 1. The fourth-order valence-corrected chi connectivity index (χ4v) is 4.85. The smallest absolute Gasteiger partial charge is 0.255 e. The molecule has 178 valence electrons. The molecule has 2 saturated heterocycles. The summed E-state index contributed by atoms with van der Waals surface area (Å²) >= 11 is 0. The third-order valence-electron chi connectivity index (χ3n) is 6.72. The Kier molecular flexibility index (Phi) is 5.91. The van der Waals surface area contributed by atoms with Crippen LogP contribution >= 0.6 is 0 Å². The fraction of sp³-hybridized carbons (Fsp3) is 0.417. The molecule has 1 N–H and O–H groups in total. The van der Waals surface area contributed by atoms with E-state index in [1.54, 1.807) is 19.4 Å². The molecule has 0 saturated carbocycles. The number of amides is 3. The molecule has 1 aromatic carbocycles. The average Bonchev–Trinajstić information content (AvgIpc) is 3.15. The number of benzene rings is 1. The fourth-order valence-electron chi connectivity index (χ4n) is 4.85. The molecule has 1 unspecified atom stereocenters. The Morgan fingerprint density at radius 1 is 1.15 bits per heavy atom. The number of piperazine rings is 1. The molecule has 3 aliphatic heterocycles. The van der Waals surface area contributed by atoms with Crippen molar-refractivity contribution >= 4 is 23.4 Å². The van der Waals surface area contributed by atoms with Crippen LogP contribution in [0.3, 0.4) is 0 Å². The number of ether oxygens (including phenoxy) is 1. The second-order valence-corrected chi connectivity index (χ2v) is 8.83. The number of imide groups is 1. The van der Waals surface area contributed by atoms with E-state index >= 15 is 4.39 Å². The van der Waals surface area contributed by atoms with E-state index in [9.17, 15) is 14.4 Å². The first-order chi connectivity index (χ1) is 16.4. The molecule has 9 nitrogen and oxygen atoms in total. The first kappa shape index (κ1) is 22.3. The van der Waals surface area contributed by atoms with Crippen molar-refractivity contribution in [3.63, 3.8) is 0 Å². The first-order valence-electron chi connectivity index (χ1n) is 11.4. The maximum atomic E-state index is 15.0. The number of rotatable bonds is 5. The molecule has 0 aliphatic carbocycles. The van der Waals surface area contributed by atoms with Gasteiger partial charge in [-0.05, 0) is 29.7 Å². The van der Waals surface area contributed by atoms with Crippen molar-refractivity contribution < 1.29 is 23.5 Å². The number of anilines is 1. The number of nitrogens with one attached hydrogen (secondary N) is 1. The van der Waals surface area contributed by atoms with E-state index < -0.39 is 17.8 Å². The van der Waals surface area contributed by atoms with Crippen LogP contribution in [0.25, 0.3) is 0 Å². The zero-order chi connectivity index (χ0) is 23.8. The van der Waals surface area contributed by atoms with E-state index in [-0.39, 0.29) is 36.8 Å². The predicted octanol–water partition coefficient (Wildman–Crippen LogP) is 1.31. The monoisotopic (exact) mass is 467 g/mol. The number of nitrogens with zero attached hydrogens (tertiary/aromatic N) is 4. The van der Waals surface area contributed by atoms with Crippen molar-refractivity contribution in [2.45, 2.75) is 32.0 Å². The van der Waals surface area contributed by atoms with Gasteiger partial charge in [0.05, 0.1) is 12.8 Å². The summed E-state index contributed by atoms with van der Waals surface area (Å²) in [6, 6.07) is 6.14. The van der Waals surface area contributed by atoms with Gasteiger partial charge in [0.15, 0.2) is 0 Å². The zero-order valence-electron chi connectivity index (χ0n) is 18.9. The van der Waals surface area contributed by atoms with Gasteiger partial charge in [-0.15, -0.1) is 0 Å². The van der Waals surface area contributed by atoms with E-state index in [0.29, 0.717) is 30.2 Å². The molecule has 1 aromatic heterocycles. The van der Waals surface area contributed by atoms with E-state index in [1.807, 2.05) is 17.0 Å². The number of aromatic nitrogens is 1. The molecule has 0 bridgehead atoms. The Hall–Kier alpha value is -3.53. The highest BCUT2D eigenvalue weighted by molar-refractivity contribution is 6.05. The summed E-state index contributed by atoms with van der Waals surface area (Å²) < 4.78 is 20.1. The van der Waals surface area contributed by atoms with Crippen LogP contribution in [0, 0.1) is 5.82 Å². The Bertz CT molecular complexity index is 1130. The summed E-state index contributed by atoms with van der Waals surface area (Å²) in [6.07, 6.45) is 2.27. The van der Waals surface area contributed by atoms with Crippen LogP contribution in [-0.2, 0) is 22.7 Å². The van der Waals surface area contributed by atoms with Gasteiger partial charge in [-0.1, -0.05) is 6.07 Å². The van der Waals surface area contributed by atoms with Crippen LogP contribution in [0.5, 0.6) is 5.88 Å². The summed E-state index contributed by atoms with van der Waals surface area (Å²) in [6.45, 7) is 3.84. The largest absolute Gasteiger partial charge is 0.481 e. The number of methoxy groups -OCH3 is 1. The number of carbonyl (C=O) groups excluding carboxylic acids is 3. The molecular formula is C24H26FN5O4. The van der Waals surface area contributed by atoms with Crippen molar-refractivity contribution in [1.29, 1.82) is 0 Å². The Labute approximate surface area is 196 Å². The minimum Gasteiger partial charge on any atom is -0.481 e. The molecule has 2 fully saturated rings. The minimum absolute atomic E-state index is 0.188. The van der Waals surface area contributed by atoms with Crippen LogP contribution in [0.2, 0.25) is 0 Å². The van der Waals surface area contributed by atoms with Crippen molar-refractivity contribution in [2.75, 3.05) is 38.2 Å². The lowest BCUT2D eigenvalue weighted by Crippen LogP contribution is -2.52. The van der Waals surface area contributed by atoms with Crippen molar-refractivity contribution in [3.05, 3.63) is 53.0 Å². The van der Waals surface area contributed by atoms with Gasteiger partial charge < -0.3 is 14.5 Å². The van der Waals surface area contributed by atoms with Crippen LogP contribution in [0.15, 0.2) is 30.5 Å². The van der Waals surface area contributed by atoms with Gasteiger partial charge in [0.2, 0.25) is 17.7 Å². The van der Waals surface area contributed by atoms with E-state index in [4.69, 9.17) is 4.74 Å². The van der Waals surface area contributed by atoms with Crippen LogP contribution in [0.4, 0.5) is 10.1 Å². The van der Waals surface area contributed by atoms with Gasteiger partial charge in [0.25, 0.3) is 5.91 Å². The van der Waals surface area contributed by atoms with Gasteiger partial charge in [-0.3, -0.25) is 24.6 Å². The van der Waals surface area contributed by atoms with Gasteiger partial charge in [-0.2, -0.15) is 0 Å². The molecule has 4 heterocycles. The lowest BCUT2D eigenvalue weighted by atomic mass is 10.0. The quantitative estimate of drug-likeness (QED) is 0.663. The molecule has 2 aromatic rings. The maximum absolute atomic E-state index is 15.0. The summed E-state index contributed by atoms with van der Waals surface area (Å²) in [5.41, 5.74) is 2.56. The Morgan fingerprint density at radius 3 is 2.62 bits per heavy atom. The predicted molar refractivity (Wildman–Crippen MR) is 121 cm³/mol. The SMILES string of the molecule is COc1ccc(CN2CCN(c3cc4c(cc3F)C(=O)N(C3CCC(=O)NC3=O)C4)CC2)cn1. The van der Waals surface area contributed by atoms with E-state index in [1.165, 1.54) is 11.0 Å². The molecule has 5 rings (SSSR count). The van der Waals surface area contributed by atoms with Crippen LogP contribution in [0.1, 0.15) is 34.3 Å². The van der Waals surface area contributed by atoms with Gasteiger partial charge in [-0.25, -0.2) is 9.37 Å². The zero-order valence-corrected chi connectivity index (χ0v) is 18.9. The molecule has 34 heavy (non-hydrogen) atoms. The number of hydrogen-bond acceptors (Lipinski definition) is 7. The maximum Gasteiger partial charge on any atom is 0.255 e. The molecule has 3 amide bonds. The molecule has 1 atom stereocenters. The van der Waals surface area contributed by atoms with Crippen molar-refractivity contribution in [1.82, 2.24) is 20.1 Å². The molecule has 3 aliphatic rings. The topological polar surface area (TPSA) is 95.1 Å². The van der Waals surface area contributed by atoms with E-state index in [0.717, 1.165) is 25.2 Å². The second kappa shape index (κ2) is 9.02. The summed E-state index contributed by atoms with van der Waals surface area (Å²) in [4.78, 5) is 46.5. The highest BCUT2D eigenvalue weighted by atomic mass is 19.1. The molecular weight excluding hydrogens is 441 g/mol. The van der Waals surface area contributed by atoms with Gasteiger partial charge in [0.1, 0.15) is 11.9 Å². The van der Waals surface area contributed by atoms with Crippen molar-refractivity contribution in [2.24, 2.45) is 0 Å². The number of piperidine rings is 1. The number of carbonyl (C=O) groups is 3. The second-order valence-electron chi connectivity index (χ2n) is 8.83. The first-order valence-corrected chi connectivity index (χ1v) is 11.4. The van der Waals surface area contributed by atoms with E-state index in [2.05, 4.69) is 15.2 Å². The Balaban J connectivity index is 1.25. The van der Waals surface area contributed by atoms with Crippen molar-refractivity contribution in [3.8, 4) is 5.88 Å². The third-order valence-corrected chi connectivity index (χ3v) is 6.72. The third kappa shape index (κ3) is 4.21. The standard InChI is InChI=1S/C24H26FN5O4/c1-34-22-5-2-15(12-26-22)13-28-6-8-29(9-7-28)20-10-16-14-30(24(33)17(16)11-18(20)25)19-3-4-21(31)27-23(19)32/h2,5,10-12,19H,3-4,6-9,13-14H2,1H3,(H,27,31,32). The Morgan fingerprint density at radius 2 is 1.94 bits per heavy atom. The summed E-state index contributed by atoms with van der Waals surface area (Å²) in [5, 5.41) is 2.29. The highest BCUT2D eigenvalue weighted by Crippen LogP contribution is 2.33. The summed E-state index contributed by atoms with van der Waals surface area (Å²) in [7, 11) is 1.58. The molecule has 0 radical (unpaired) electrons. The molecule has 10 heteroatoms. The number of pyridine rings is 1. The van der Waals surface area contributed by atoms with Crippen LogP contribution in [-0.4, -0.2) is 71.8 Å². The minimum atomic E-state index is -0.708. The molecule has 0 spiro atoms. The average molecular weight is 468 g/mol.